The van der Waals surface area contributed by atoms with Crippen LogP contribution in [0.3, 0.4) is 0 Å². The van der Waals surface area contributed by atoms with E-state index in [1.54, 1.807) is 20.8 Å². The largest absolute Gasteiger partial charge is 0.444 e. The highest BCUT2D eigenvalue weighted by atomic mass is 19.4. The topological polar surface area (TPSA) is 50.4 Å². The highest BCUT2D eigenvalue weighted by molar-refractivity contribution is 5.67. The predicted molar refractivity (Wildman–Crippen MR) is 64.8 cm³/mol. The van der Waals surface area contributed by atoms with Gasteiger partial charge in [0.1, 0.15) is 5.60 Å². The van der Waals surface area contributed by atoms with E-state index in [-0.39, 0.29) is 19.5 Å². The molecule has 1 heterocycles. The zero-order valence-corrected chi connectivity index (χ0v) is 11.4. The molecule has 0 bridgehead atoms. The average molecular weight is 282 g/mol. The Morgan fingerprint density at radius 1 is 1.37 bits per heavy atom. The van der Waals surface area contributed by atoms with Crippen molar-refractivity contribution in [3.63, 3.8) is 0 Å². The van der Waals surface area contributed by atoms with Crippen molar-refractivity contribution in [1.82, 2.24) is 10.6 Å². The molecule has 0 saturated carbocycles. The molecule has 0 aromatic rings. The Balaban J connectivity index is 2.48. The first kappa shape index (κ1) is 16.1. The van der Waals surface area contributed by atoms with Gasteiger partial charge in [-0.2, -0.15) is 13.2 Å². The molecule has 1 rings (SSSR count). The minimum absolute atomic E-state index is 0.0356. The van der Waals surface area contributed by atoms with Crippen molar-refractivity contribution < 1.29 is 22.7 Å². The van der Waals surface area contributed by atoms with Gasteiger partial charge in [0.15, 0.2) is 0 Å². The van der Waals surface area contributed by atoms with Crippen LogP contribution in [-0.4, -0.2) is 37.5 Å². The third kappa shape index (κ3) is 5.67. The lowest BCUT2D eigenvalue weighted by Crippen LogP contribution is -2.48. The fraction of sp³-hybridized carbons (Fsp3) is 0.917. The van der Waals surface area contributed by atoms with Crippen LogP contribution in [0.1, 0.15) is 27.2 Å². The van der Waals surface area contributed by atoms with E-state index in [2.05, 4.69) is 10.6 Å². The molecule has 7 heteroatoms. The van der Waals surface area contributed by atoms with Gasteiger partial charge in [0.2, 0.25) is 0 Å². The second kappa shape index (κ2) is 5.98. The number of ether oxygens (including phenoxy) is 1. The zero-order chi connectivity index (χ0) is 14.7. The summed E-state index contributed by atoms with van der Waals surface area (Å²) in [4.78, 5) is 11.4. The van der Waals surface area contributed by atoms with Crippen LogP contribution < -0.4 is 10.6 Å². The highest BCUT2D eigenvalue weighted by Gasteiger charge is 2.45. The van der Waals surface area contributed by atoms with Gasteiger partial charge in [-0.15, -0.1) is 0 Å². The molecular weight excluding hydrogens is 261 g/mol. The van der Waals surface area contributed by atoms with Crippen LogP contribution in [-0.2, 0) is 4.74 Å². The van der Waals surface area contributed by atoms with Gasteiger partial charge in [-0.25, -0.2) is 4.79 Å². The minimum Gasteiger partial charge on any atom is -0.444 e. The third-order valence-electron chi connectivity index (χ3n) is 2.94. The van der Waals surface area contributed by atoms with E-state index in [1.807, 2.05) is 0 Å². The Hall–Kier alpha value is -0.980. The second-order valence-electron chi connectivity index (χ2n) is 5.78. The van der Waals surface area contributed by atoms with Crippen LogP contribution in [0, 0.1) is 11.8 Å². The SMILES string of the molecule is CC(C)(C)OC(=O)NC[C@H]1CNCC[C@H]1C(F)(F)F. The Labute approximate surface area is 111 Å². The van der Waals surface area contributed by atoms with E-state index in [1.165, 1.54) is 0 Å². The molecular formula is C12H21F3N2O2. The van der Waals surface area contributed by atoms with Gasteiger partial charge < -0.3 is 15.4 Å². The summed E-state index contributed by atoms with van der Waals surface area (Å²) in [6.07, 6.45) is -4.86. The number of amides is 1. The molecule has 1 aliphatic rings. The summed E-state index contributed by atoms with van der Waals surface area (Å²) in [5, 5.41) is 5.33. The van der Waals surface area contributed by atoms with E-state index in [0.29, 0.717) is 6.54 Å². The fourth-order valence-electron chi connectivity index (χ4n) is 2.10. The normalized spacial score (nSPS) is 24.9. The first-order valence-electron chi connectivity index (χ1n) is 6.34. The molecule has 2 atom stereocenters. The number of hydrogen-bond acceptors (Lipinski definition) is 3. The summed E-state index contributed by atoms with van der Waals surface area (Å²) < 4.78 is 43.4. The van der Waals surface area contributed by atoms with Gasteiger partial charge in [0.05, 0.1) is 5.92 Å². The predicted octanol–water partition coefficient (Wildman–Crippen LogP) is 2.30. The first-order valence-corrected chi connectivity index (χ1v) is 6.34. The highest BCUT2D eigenvalue weighted by Crippen LogP contribution is 2.35. The number of carbonyl (C=O) groups excluding carboxylic acids is 1. The molecule has 1 amide bonds. The van der Waals surface area contributed by atoms with Gasteiger partial charge in [-0.05, 0) is 33.7 Å². The van der Waals surface area contributed by atoms with E-state index in [4.69, 9.17) is 4.74 Å². The maximum atomic E-state index is 12.8. The molecule has 1 aliphatic heterocycles. The molecule has 2 N–H and O–H groups in total. The Bertz CT molecular complexity index is 313. The summed E-state index contributed by atoms with van der Waals surface area (Å²) in [5.74, 6) is -2.02. The van der Waals surface area contributed by atoms with Crippen LogP contribution >= 0.6 is 0 Å². The fourth-order valence-corrected chi connectivity index (χ4v) is 2.10. The maximum absolute atomic E-state index is 12.8. The number of halogens is 3. The lowest BCUT2D eigenvalue weighted by molar-refractivity contribution is -0.193. The number of nitrogens with one attached hydrogen (secondary N) is 2. The lowest BCUT2D eigenvalue weighted by Gasteiger charge is -2.33. The molecule has 1 fully saturated rings. The van der Waals surface area contributed by atoms with Crippen molar-refractivity contribution in [3.8, 4) is 0 Å². The van der Waals surface area contributed by atoms with E-state index >= 15 is 0 Å². The Morgan fingerprint density at radius 2 is 2.00 bits per heavy atom. The molecule has 112 valence electrons. The molecule has 0 radical (unpaired) electrons. The van der Waals surface area contributed by atoms with Crippen LogP contribution in [0.2, 0.25) is 0 Å². The molecule has 0 unspecified atom stereocenters. The summed E-state index contributed by atoms with van der Waals surface area (Å²) >= 11 is 0. The van der Waals surface area contributed by atoms with Crippen molar-refractivity contribution >= 4 is 6.09 Å². The molecule has 19 heavy (non-hydrogen) atoms. The number of alkyl halides is 3. The molecule has 4 nitrogen and oxygen atoms in total. The average Bonchev–Trinajstić information content (AvgIpc) is 2.23. The maximum Gasteiger partial charge on any atom is 0.407 e. The smallest absolute Gasteiger partial charge is 0.407 e. The van der Waals surface area contributed by atoms with Gasteiger partial charge >= 0.3 is 12.3 Å². The van der Waals surface area contributed by atoms with Crippen molar-refractivity contribution in [2.45, 2.75) is 39.0 Å². The molecule has 0 aromatic heterocycles. The molecule has 0 aromatic carbocycles. The van der Waals surface area contributed by atoms with Crippen molar-refractivity contribution in [3.05, 3.63) is 0 Å². The zero-order valence-electron chi connectivity index (χ0n) is 11.4. The minimum atomic E-state index is -4.22. The van der Waals surface area contributed by atoms with Crippen LogP contribution in [0.4, 0.5) is 18.0 Å². The van der Waals surface area contributed by atoms with Gasteiger partial charge in [-0.3, -0.25) is 0 Å². The Morgan fingerprint density at radius 3 is 2.53 bits per heavy atom. The number of alkyl carbamates (subject to hydrolysis) is 1. The first-order chi connectivity index (χ1) is 8.59. The van der Waals surface area contributed by atoms with Crippen LogP contribution in [0.5, 0.6) is 0 Å². The van der Waals surface area contributed by atoms with Crippen molar-refractivity contribution in [2.24, 2.45) is 11.8 Å². The summed E-state index contributed by atoms with van der Waals surface area (Å²) in [5.41, 5.74) is -0.654. The number of hydrogen-bond donors (Lipinski definition) is 2. The molecule has 1 saturated heterocycles. The van der Waals surface area contributed by atoms with Gasteiger partial charge in [0, 0.05) is 19.0 Å². The third-order valence-corrected chi connectivity index (χ3v) is 2.94. The lowest BCUT2D eigenvalue weighted by atomic mass is 9.86. The Kier molecular flexibility index (Phi) is 5.06. The second-order valence-corrected chi connectivity index (χ2v) is 5.78. The molecule has 0 spiro atoms. The summed E-state index contributed by atoms with van der Waals surface area (Å²) in [6.45, 7) is 5.67. The van der Waals surface area contributed by atoms with E-state index < -0.39 is 29.7 Å². The monoisotopic (exact) mass is 282 g/mol. The quantitative estimate of drug-likeness (QED) is 0.817. The standard InChI is InChI=1S/C12H21F3N2O2/c1-11(2,3)19-10(18)17-7-8-6-16-5-4-9(8)12(13,14)15/h8-9,16H,4-7H2,1-3H3,(H,17,18)/t8-,9-/m1/s1. The summed E-state index contributed by atoms with van der Waals surface area (Å²) in [7, 11) is 0. The van der Waals surface area contributed by atoms with Crippen LogP contribution in [0.25, 0.3) is 0 Å². The number of rotatable bonds is 2. The molecule has 0 aliphatic carbocycles. The number of carbonyl (C=O) groups is 1. The van der Waals surface area contributed by atoms with Crippen LogP contribution in [0.15, 0.2) is 0 Å². The summed E-state index contributed by atoms with van der Waals surface area (Å²) in [6, 6.07) is 0. The number of piperidine rings is 1. The van der Waals surface area contributed by atoms with Gasteiger partial charge in [-0.1, -0.05) is 0 Å². The van der Waals surface area contributed by atoms with E-state index in [0.717, 1.165) is 0 Å². The van der Waals surface area contributed by atoms with E-state index in [9.17, 15) is 18.0 Å². The van der Waals surface area contributed by atoms with Crippen molar-refractivity contribution in [1.29, 1.82) is 0 Å². The van der Waals surface area contributed by atoms with Crippen molar-refractivity contribution in [2.75, 3.05) is 19.6 Å². The van der Waals surface area contributed by atoms with Gasteiger partial charge in [0.25, 0.3) is 0 Å².